The van der Waals surface area contributed by atoms with Gasteiger partial charge < -0.3 is 4.74 Å². The van der Waals surface area contributed by atoms with Crippen LogP contribution in [-0.2, 0) is 19.4 Å². The monoisotopic (exact) mass is 491 g/mol. The van der Waals surface area contributed by atoms with E-state index in [4.69, 9.17) is 4.74 Å². The van der Waals surface area contributed by atoms with Gasteiger partial charge in [-0.2, -0.15) is 0 Å². The lowest BCUT2D eigenvalue weighted by atomic mass is 10.0. The largest absolute Gasteiger partial charge is 0.485 e. The van der Waals surface area contributed by atoms with Gasteiger partial charge in [-0.15, -0.1) is 10.2 Å². The minimum Gasteiger partial charge on any atom is -0.485 e. The third kappa shape index (κ3) is 4.84. The van der Waals surface area contributed by atoms with Crippen molar-refractivity contribution in [2.75, 3.05) is 5.75 Å². The molecule has 178 valence electrons. The SMILES string of the molecule is Cc1ccc(OCc2nnc(SCC(=O)c3ccc(F)c(F)c3)n2-c2ccccc2)c2c1CCC2. The number of benzene rings is 3. The van der Waals surface area contributed by atoms with E-state index in [2.05, 4.69) is 23.2 Å². The summed E-state index contributed by atoms with van der Waals surface area (Å²) in [6.07, 6.45) is 3.21. The highest BCUT2D eigenvalue weighted by molar-refractivity contribution is 7.99. The van der Waals surface area contributed by atoms with Crippen LogP contribution in [0, 0.1) is 18.6 Å². The number of carbonyl (C=O) groups is 1. The molecule has 3 aromatic carbocycles. The summed E-state index contributed by atoms with van der Waals surface area (Å²) >= 11 is 1.19. The molecule has 0 amide bonds. The van der Waals surface area contributed by atoms with Gasteiger partial charge in [0.25, 0.3) is 0 Å². The first-order chi connectivity index (χ1) is 17.0. The minimum atomic E-state index is -1.05. The highest BCUT2D eigenvalue weighted by Gasteiger charge is 2.21. The fraction of sp³-hybridized carbons (Fsp3) is 0.222. The molecule has 0 N–H and O–H groups in total. The van der Waals surface area contributed by atoms with Crippen molar-refractivity contribution in [1.29, 1.82) is 0 Å². The Morgan fingerprint density at radius 1 is 1.00 bits per heavy atom. The predicted molar refractivity (Wildman–Crippen MR) is 130 cm³/mol. The maximum Gasteiger partial charge on any atom is 0.196 e. The van der Waals surface area contributed by atoms with Crippen LogP contribution in [0.15, 0.2) is 65.8 Å². The Hall–Kier alpha value is -3.52. The highest BCUT2D eigenvalue weighted by atomic mass is 32.2. The lowest BCUT2D eigenvalue weighted by molar-refractivity contribution is 0.102. The van der Waals surface area contributed by atoms with Crippen LogP contribution in [0.3, 0.4) is 0 Å². The number of hydrogen-bond donors (Lipinski definition) is 0. The number of ether oxygens (including phenoxy) is 1. The van der Waals surface area contributed by atoms with Crippen molar-refractivity contribution in [3.05, 3.63) is 100 Å². The van der Waals surface area contributed by atoms with Crippen LogP contribution in [0.5, 0.6) is 5.75 Å². The Morgan fingerprint density at radius 3 is 2.60 bits per heavy atom. The molecular formula is C27H23F2N3O2S. The van der Waals surface area contributed by atoms with Crippen molar-refractivity contribution in [3.63, 3.8) is 0 Å². The van der Waals surface area contributed by atoms with Crippen LogP contribution in [-0.4, -0.2) is 26.3 Å². The Morgan fingerprint density at radius 2 is 1.80 bits per heavy atom. The highest BCUT2D eigenvalue weighted by Crippen LogP contribution is 2.33. The third-order valence-corrected chi connectivity index (χ3v) is 7.05. The number of Topliss-reactive ketones (excluding diaryl/α,β-unsaturated/α-hetero) is 1. The molecule has 0 saturated carbocycles. The van der Waals surface area contributed by atoms with Crippen molar-refractivity contribution >= 4 is 17.5 Å². The Kier molecular flexibility index (Phi) is 6.63. The van der Waals surface area contributed by atoms with Gasteiger partial charge >= 0.3 is 0 Å². The molecule has 0 aliphatic heterocycles. The van der Waals surface area contributed by atoms with Gasteiger partial charge in [-0.1, -0.05) is 36.0 Å². The Bertz CT molecular complexity index is 1390. The molecule has 5 nitrogen and oxygen atoms in total. The van der Waals surface area contributed by atoms with Crippen LogP contribution in [0.1, 0.15) is 39.3 Å². The van der Waals surface area contributed by atoms with Crippen molar-refractivity contribution in [1.82, 2.24) is 14.8 Å². The average molecular weight is 492 g/mol. The first-order valence-corrected chi connectivity index (χ1v) is 12.3. The molecule has 1 aliphatic rings. The molecule has 0 radical (unpaired) electrons. The smallest absolute Gasteiger partial charge is 0.196 e. The van der Waals surface area contributed by atoms with E-state index in [-0.39, 0.29) is 23.7 Å². The number of ketones is 1. The fourth-order valence-corrected chi connectivity index (χ4v) is 5.20. The number of nitrogens with zero attached hydrogens (tertiary/aromatic N) is 3. The summed E-state index contributed by atoms with van der Waals surface area (Å²) in [7, 11) is 0. The number of aryl methyl sites for hydroxylation is 1. The van der Waals surface area contributed by atoms with Gasteiger partial charge in [0, 0.05) is 11.3 Å². The van der Waals surface area contributed by atoms with Gasteiger partial charge in [0.15, 0.2) is 28.4 Å². The van der Waals surface area contributed by atoms with Crippen LogP contribution in [0.4, 0.5) is 8.78 Å². The number of aromatic nitrogens is 3. The van der Waals surface area contributed by atoms with Crippen molar-refractivity contribution in [2.24, 2.45) is 0 Å². The third-order valence-electron chi connectivity index (χ3n) is 6.12. The number of rotatable bonds is 8. The fourth-order valence-electron chi connectivity index (χ4n) is 4.34. The second kappa shape index (κ2) is 10.00. The topological polar surface area (TPSA) is 57.0 Å². The van der Waals surface area contributed by atoms with E-state index in [1.807, 2.05) is 41.0 Å². The zero-order chi connectivity index (χ0) is 24.4. The molecule has 0 spiro atoms. The van der Waals surface area contributed by atoms with E-state index in [1.165, 1.54) is 34.5 Å². The first kappa shape index (κ1) is 23.2. The molecule has 0 fully saturated rings. The van der Waals surface area contributed by atoms with E-state index < -0.39 is 11.6 Å². The molecule has 0 bridgehead atoms. The average Bonchev–Trinajstić information content (AvgIpc) is 3.52. The molecule has 1 aromatic heterocycles. The van der Waals surface area contributed by atoms with Gasteiger partial charge in [-0.05, 0) is 79.3 Å². The number of carbonyl (C=O) groups excluding carboxylic acids is 1. The van der Waals surface area contributed by atoms with Gasteiger partial charge in [0.05, 0.1) is 5.75 Å². The lowest BCUT2D eigenvalue weighted by Gasteiger charge is -2.14. The molecule has 0 saturated heterocycles. The first-order valence-electron chi connectivity index (χ1n) is 11.4. The maximum atomic E-state index is 13.5. The molecule has 1 aliphatic carbocycles. The summed E-state index contributed by atoms with van der Waals surface area (Å²) < 4.78 is 34.8. The summed E-state index contributed by atoms with van der Waals surface area (Å²) in [5.41, 5.74) is 4.88. The Balaban J connectivity index is 1.38. The van der Waals surface area contributed by atoms with E-state index >= 15 is 0 Å². The van der Waals surface area contributed by atoms with Gasteiger partial charge in [-0.25, -0.2) is 8.78 Å². The van der Waals surface area contributed by atoms with Crippen molar-refractivity contribution < 1.29 is 18.3 Å². The van der Waals surface area contributed by atoms with Crippen LogP contribution < -0.4 is 4.74 Å². The van der Waals surface area contributed by atoms with Crippen LogP contribution >= 0.6 is 11.8 Å². The van der Waals surface area contributed by atoms with Gasteiger partial charge in [0.1, 0.15) is 12.4 Å². The molecule has 5 rings (SSSR count). The van der Waals surface area contributed by atoms with Gasteiger partial charge in [-0.3, -0.25) is 9.36 Å². The number of para-hydroxylation sites is 1. The quantitative estimate of drug-likeness (QED) is 0.227. The Labute approximate surface area is 206 Å². The number of halogens is 2. The molecule has 35 heavy (non-hydrogen) atoms. The number of hydrogen-bond acceptors (Lipinski definition) is 5. The van der Waals surface area contributed by atoms with Crippen molar-refractivity contribution in [2.45, 2.75) is 37.9 Å². The molecule has 8 heteroatoms. The van der Waals surface area contributed by atoms with E-state index in [1.54, 1.807) is 0 Å². The molecular weight excluding hydrogens is 468 g/mol. The second-order valence-electron chi connectivity index (χ2n) is 8.39. The summed E-state index contributed by atoms with van der Waals surface area (Å²) in [6, 6.07) is 16.8. The van der Waals surface area contributed by atoms with Gasteiger partial charge in [0.2, 0.25) is 0 Å². The second-order valence-corrected chi connectivity index (χ2v) is 9.33. The molecule has 1 heterocycles. The molecule has 0 unspecified atom stereocenters. The minimum absolute atomic E-state index is 0.00235. The summed E-state index contributed by atoms with van der Waals surface area (Å²) in [5.74, 6) is -0.885. The van der Waals surface area contributed by atoms with E-state index in [0.717, 1.165) is 42.8 Å². The van der Waals surface area contributed by atoms with Crippen molar-refractivity contribution in [3.8, 4) is 11.4 Å². The predicted octanol–water partition coefficient (Wildman–Crippen LogP) is 5.90. The summed E-state index contributed by atoms with van der Waals surface area (Å²) in [5, 5.41) is 9.15. The summed E-state index contributed by atoms with van der Waals surface area (Å²) in [4.78, 5) is 12.6. The normalized spacial score (nSPS) is 12.5. The number of fused-ring (bicyclic) bond motifs is 1. The standard InChI is InChI=1S/C27H23F2N3O2S/c1-17-10-13-25(21-9-5-8-20(17)21)34-15-26-30-31-27(32(26)19-6-3-2-4-7-19)35-16-24(33)18-11-12-22(28)23(29)14-18/h2-4,6-7,10-14H,5,8-9,15-16H2,1H3. The molecule has 4 aromatic rings. The van der Waals surface area contributed by atoms with Crippen LogP contribution in [0.25, 0.3) is 5.69 Å². The maximum absolute atomic E-state index is 13.5. The van der Waals surface area contributed by atoms with Crippen LogP contribution in [0.2, 0.25) is 0 Å². The zero-order valence-corrected chi connectivity index (χ0v) is 19.9. The zero-order valence-electron chi connectivity index (χ0n) is 19.1. The lowest BCUT2D eigenvalue weighted by Crippen LogP contribution is -2.09. The summed E-state index contributed by atoms with van der Waals surface area (Å²) in [6.45, 7) is 2.35. The molecule has 0 atom stereocenters. The van der Waals surface area contributed by atoms with E-state index in [0.29, 0.717) is 11.0 Å². The number of thioether (sulfide) groups is 1. The van der Waals surface area contributed by atoms with E-state index in [9.17, 15) is 13.6 Å².